The summed E-state index contributed by atoms with van der Waals surface area (Å²) in [7, 11) is -4.17. The Hall–Kier alpha value is -3.02. The van der Waals surface area contributed by atoms with Gasteiger partial charge in [0.1, 0.15) is 6.04 Å². The van der Waals surface area contributed by atoms with Crippen LogP contribution in [-0.2, 0) is 24.4 Å². The summed E-state index contributed by atoms with van der Waals surface area (Å²) in [6.07, 6.45) is 3.30. The first-order chi connectivity index (χ1) is 16.8. The molecule has 0 aromatic heterocycles. The van der Waals surface area contributed by atoms with Crippen LogP contribution in [0.2, 0.25) is 0 Å². The van der Waals surface area contributed by atoms with E-state index < -0.39 is 34.5 Å². The number of hydrogen-bond donors (Lipinski definition) is 5. The van der Waals surface area contributed by atoms with E-state index in [1.807, 2.05) is 0 Å². The summed E-state index contributed by atoms with van der Waals surface area (Å²) in [5, 5.41) is 19.1. The molecular formula is C24H32N4O6S. The van der Waals surface area contributed by atoms with Gasteiger partial charge in [0.05, 0.1) is 4.90 Å². The predicted octanol–water partition coefficient (Wildman–Crippen LogP) is 0.974. The molecule has 3 rings (SSSR count). The molecule has 190 valence electrons. The molecule has 2 aromatic carbocycles. The number of hydrogen-bond acceptors (Lipinski definition) is 6. The molecule has 0 spiro atoms. The fourth-order valence-electron chi connectivity index (χ4n) is 4.07. The highest BCUT2D eigenvalue weighted by molar-refractivity contribution is 7.89. The summed E-state index contributed by atoms with van der Waals surface area (Å²) in [6.45, 7) is 1.64. The Kier molecular flexibility index (Phi) is 9.58. The molecule has 0 aliphatic carbocycles. The van der Waals surface area contributed by atoms with Crippen molar-refractivity contribution < 1.29 is 27.9 Å². The molecule has 5 N–H and O–H groups in total. The number of aliphatic carboxylic acids is 1. The zero-order valence-corrected chi connectivity index (χ0v) is 20.3. The Balaban J connectivity index is 1.45. The predicted molar refractivity (Wildman–Crippen MR) is 131 cm³/mol. The van der Waals surface area contributed by atoms with Gasteiger partial charge in [-0.1, -0.05) is 36.4 Å². The summed E-state index contributed by atoms with van der Waals surface area (Å²) in [5.41, 5.74) is 0. The van der Waals surface area contributed by atoms with Gasteiger partial charge >= 0.3 is 5.97 Å². The second-order valence-corrected chi connectivity index (χ2v) is 10.3. The molecule has 1 saturated heterocycles. The van der Waals surface area contributed by atoms with E-state index in [9.17, 15) is 27.9 Å². The number of benzene rings is 2. The Morgan fingerprint density at radius 2 is 1.66 bits per heavy atom. The molecule has 0 bridgehead atoms. The number of carboxylic acids is 1. The third-order valence-corrected chi connectivity index (χ3v) is 7.58. The van der Waals surface area contributed by atoms with Crippen molar-refractivity contribution in [2.24, 2.45) is 5.92 Å². The summed E-state index contributed by atoms with van der Waals surface area (Å²) >= 11 is 0. The number of sulfonamides is 1. The first-order valence-corrected chi connectivity index (χ1v) is 13.2. The third-order valence-electron chi connectivity index (χ3n) is 6.05. The van der Waals surface area contributed by atoms with Crippen molar-refractivity contribution in [3.8, 4) is 0 Å². The second kappa shape index (κ2) is 12.6. The van der Waals surface area contributed by atoms with Crippen LogP contribution in [0.5, 0.6) is 0 Å². The molecule has 1 unspecified atom stereocenters. The number of carbonyl (C=O) groups excluding carboxylic acids is 2. The minimum atomic E-state index is -4.17. The first kappa shape index (κ1) is 26.6. The van der Waals surface area contributed by atoms with Crippen LogP contribution in [0.1, 0.15) is 32.1 Å². The maximum Gasteiger partial charge on any atom is 0.323 e. The van der Waals surface area contributed by atoms with E-state index in [4.69, 9.17) is 0 Å². The van der Waals surface area contributed by atoms with Crippen molar-refractivity contribution in [2.45, 2.75) is 43.0 Å². The second-order valence-electron chi connectivity index (χ2n) is 8.63. The average molecular weight is 505 g/mol. The number of amides is 2. The molecule has 1 atom stereocenters. The van der Waals surface area contributed by atoms with E-state index in [-0.39, 0.29) is 23.8 Å². The average Bonchev–Trinajstić information content (AvgIpc) is 2.85. The molecule has 1 fully saturated rings. The number of carbonyl (C=O) groups is 3. The molecule has 10 nitrogen and oxygen atoms in total. The molecule has 0 saturated carbocycles. The van der Waals surface area contributed by atoms with Crippen molar-refractivity contribution in [3.63, 3.8) is 0 Å². The molecule has 0 radical (unpaired) electrons. The molecule has 1 aliphatic heterocycles. The van der Waals surface area contributed by atoms with E-state index in [1.165, 1.54) is 6.07 Å². The van der Waals surface area contributed by atoms with Gasteiger partial charge in [-0.2, -0.15) is 4.72 Å². The lowest BCUT2D eigenvalue weighted by Crippen LogP contribution is -2.48. The van der Waals surface area contributed by atoms with Crippen molar-refractivity contribution in [1.82, 2.24) is 20.7 Å². The van der Waals surface area contributed by atoms with Gasteiger partial charge in [0, 0.05) is 31.3 Å². The molecule has 11 heteroatoms. The van der Waals surface area contributed by atoms with Crippen LogP contribution in [0.4, 0.5) is 0 Å². The Morgan fingerprint density at radius 1 is 0.971 bits per heavy atom. The molecule has 35 heavy (non-hydrogen) atoms. The van der Waals surface area contributed by atoms with Crippen LogP contribution in [0.15, 0.2) is 47.4 Å². The Labute approximate surface area is 204 Å². The van der Waals surface area contributed by atoms with Crippen LogP contribution in [0, 0.1) is 5.92 Å². The summed E-state index contributed by atoms with van der Waals surface area (Å²) < 4.78 is 27.9. The van der Waals surface area contributed by atoms with Gasteiger partial charge in [0.15, 0.2) is 0 Å². The fourth-order valence-corrected chi connectivity index (χ4v) is 5.49. The zero-order chi connectivity index (χ0) is 25.3. The van der Waals surface area contributed by atoms with Gasteiger partial charge in [0.2, 0.25) is 21.8 Å². The number of carboxylic acid groups (broad SMARTS) is 1. The van der Waals surface area contributed by atoms with Gasteiger partial charge in [-0.25, -0.2) is 8.42 Å². The van der Waals surface area contributed by atoms with Gasteiger partial charge in [-0.05, 0) is 49.7 Å². The zero-order valence-electron chi connectivity index (χ0n) is 19.5. The van der Waals surface area contributed by atoms with E-state index in [1.54, 1.807) is 36.4 Å². The Morgan fingerprint density at radius 3 is 2.40 bits per heavy atom. The quantitative estimate of drug-likeness (QED) is 0.289. The number of piperidine rings is 1. The maximum absolute atomic E-state index is 12.9. The lowest BCUT2D eigenvalue weighted by Gasteiger charge is -2.22. The lowest BCUT2D eigenvalue weighted by molar-refractivity contribution is -0.138. The highest BCUT2D eigenvalue weighted by Crippen LogP contribution is 2.22. The SMILES string of the molecule is O=C(CCC1CCNCC1)NCCC(=O)NCC(NS(=O)(=O)c1cccc2ccccc12)C(=O)O. The molecular weight excluding hydrogens is 472 g/mol. The highest BCUT2D eigenvalue weighted by Gasteiger charge is 2.27. The van der Waals surface area contributed by atoms with Gasteiger partial charge < -0.3 is 21.1 Å². The smallest absolute Gasteiger partial charge is 0.323 e. The highest BCUT2D eigenvalue weighted by atomic mass is 32.2. The van der Waals surface area contributed by atoms with Crippen LogP contribution < -0.4 is 20.7 Å². The van der Waals surface area contributed by atoms with E-state index in [0.29, 0.717) is 23.1 Å². The van der Waals surface area contributed by atoms with Crippen molar-refractivity contribution in [2.75, 3.05) is 26.2 Å². The Bertz CT molecular complexity index is 1140. The normalized spacial score (nSPS) is 15.4. The van der Waals surface area contributed by atoms with Crippen LogP contribution >= 0.6 is 0 Å². The van der Waals surface area contributed by atoms with Crippen LogP contribution in [0.3, 0.4) is 0 Å². The van der Waals surface area contributed by atoms with E-state index >= 15 is 0 Å². The van der Waals surface area contributed by atoms with E-state index in [0.717, 1.165) is 32.4 Å². The standard InChI is InChI=1S/C24H32N4O6S/c29-22(9-8-17-10-13-25-14-11-17)26-15-12-23(30)27-16-20(24(31)32)28-35(33,34)21-7-3-5-18-4-1-2-6-19(18)21/h1-7,17,20,25,28H,8-16H2,(H,26,29)(H,27,30)(H,31,32). The lowest BCUT2D eigenvalue weighted by atomic mass is 9.93. The topological polar surface area (TPSA) is 154 Å². The number of nitrogens with one attached hydrogen (secondary N) is 4. The number of fused-ring (bicyclic) bond motifs is 1. The van der Waals surface area contributed by atoms with Crippen molar-refractivity contribution in [3.05, 3.63) is 42.5 Å². The minimum absolute atomic E-state index is 0.0402. The number of rotatable bonds is 12. The summed E-state index contributed by atoms with van der Waals surface area (Å²) in [5.74, 6) is -1.49. The van der Waals surface area contributed by atoms with Crippen LogP contribution in [0.25, 0.3) is 10.8 Å². The van der Waals surface area contributed by atoms with Crippen molar-refractivity contribution >= 4 is 38.6 Å². The summed E-state index contributed by atoms with van der Waals surface area (Å²) in [4.78, 5) is 35.7. The monoisotopic (exact) mass is 504 g/mol. The largest absolute Gasteiger partial charge is 0.480 e. The van der Waals surface area contributed by atoms with Crippen molar-refractivity contribution in [1.29, 1.82) is 0 Å². The first-order valence-electron chi connectivity index (χ1n) is 11.7. The van der Waals surface area contributed by atoms with Gasteiger partial charge in [-0.3, -0.25) is 14.4 Å². The molecule has 2 aromatic rings. The summed E-state index contributed by atoms with van der Waals surface area (Å²) in [6, 6.07) is 10.1. The molecule has 1 heterocycles. The van der Waals surface area contributed by atoms with Gasteiger partial charge in [0.25, 0.3) is 0 Å². The fraction of sp³-hybridized carbons (Fsp3) is 0.458. The minimum Gasteiger partial charge on any atom is -0.480 e. The van der Waals surface area contributed by atoms with E-state index in [2.05, 4.69) is 20.7 Å². The molecule has 1 aliphatic rings. The van der Waals surface area contributed by atoms with Crippen LogP contribution in [-0.4, -0.2) is 63.5 Å². The van der Waals surface area contributed by atoms with Gasteiger partial charge in [-0.15, -0.1) is 0 Å². The maximum atomic E-state index is 12.9. The third kappa shape index (κ3) is 8.01. The molecule has 2 amide bonds.